The summed E-state index contributed by atoms with van der Waals surface area (Å²) in [6.07, 6.45) is 4.53. The average molecular weight is 387 g/mol. The molecule has 26 heavy (non-hydrogen) atoms. The first-order valence-corrected chi connectivity index (χ1v) is 10.6. The molecule has 0 bridgehead atoms. The van der Waals surface area contributed by atoms with Gasteiger partial charge in [-0.25, -0.2) is 15.0 Å². The van der Waals surface area contributed by atoms with Gasteiger partial charge in [0.15, 0.2) is 5.13 Å². The summed E-state index contributed by atoms with van der Waals surface area (Å²) < 4.78 is 0. The van der Waals surface area contributed by atoms with Gasteiger partial charge in [-0.15, -0.1) is 22.7 Å². The molecule has 1 aliphatic rings. The first-order valence-electron chi connectivity index (χ1n) is 9.00. The Labute approximate surface area is 160 Å². The highest BCUT2D eigenvalue weighted by atomic mass is 32.1. The van der Waals surface area contributed by atoms with Gasteiger partial charge in [-0.3, -0.25) is 10.1 Å². The van der Waals surface area contributed by atoms with Crippen molar-refractivity contribution in [2.45, 2.75) is 53.4 Å². The van der Waals surface area contributed by atoms with Gasteiger partial charge in [-0.05, 0) is 51.5 Å². The Morgan fingerprint density at radius 1 is 1.19 bits per heavy atom. The van der Waals surface area contributed by atoms with E-state index in [9.17, 15) is 4.79 Å². The monoisotopic (exact) mass is 386 g/mol. The zero-order chi connectivity index (χ0) is 18.4. The minimum atomic E-state index is -0.0966. The number of rotatable bonds is 3. The summed E-state index contributed by atoms with van der Waals surface area (Å²) in [6.45, 7) is 8.07. The molecule has 1 N–H and O–H groups in total. The molecule has 5 nitrogen and oxygen atoms in total. The molecule has 4 rings (SSSR count). The smallest absolute Gasteiger partial charge is 0.267 e. The van der Waals surface area contributed by atoms with Crippen molar-refractivity contribution >= 4 is 43.9 Å². The Balaban J connectivity index is 1.61. The Morgan fingerprint density at radius 3 is 2.77 bits per heavy atom. The summed E-state index contributed by atoms with van der Waals surface area (Å²) >= 11 is 3.06. The fraction of sp³-hybridized carbons (Fsp3) is 0.474. The van der Waals surface area contributed by atoms with Gasteiger partial charge in [0.1, 0.15) is 10.7 Å². The molecule has 3 heterocycles. The second-order valence-corrected chi connectivity index (χ2v) is 9.04. The number of nitrogens with zero attached hydrogens (tertiary/aromatic N) is 3. The molecule has 1 amide bonds. The van der Waals surface area contributed by atoms with E-state index in [2.05, 4.69) is 27.2 Å². The highest BCUT2D eigenvalue weighted by molar-refractivity contribution is 7.21. The van der Waals surface area contributed by atoms with Crippen LogP contribution >= 0.6 is 22.7 Å². The van der Waals surface area contributed by atoms with E-state index in [1.165, 1.54) is 34.7 Å². The lowest BCUT2D eigenvalue weighted by Crippen LogP contribution is -2.12. The van der Waals surface area contributed by atoms with Gasteiger partial charge < -0.3 is 0 Å². The van der Waals surface area contributed by atoms with Crippen LogP contribution < -0.4 is 5.32 Å². The lowest BCUT2D eigenvalue weighted by atomic mass is 9.89. The summed E-state index contributed by atoms with van der Waals surface area (Å²) in [5.41, 5.74) is 3.04. The first kappa shape index (κ1) is 17.5. The van der Waals surface area contributed by atoms with E-state index < -0.39 is 0 Å². The number of fused-ring (bicyclic) bond motifs is 2. The van der Waals surface area contributed by atoms with Crippen LogP contribution in [-0.2, 0) is 12.8 Å². The van der Waals surface area contributed by atoms with Crippen LogP contribution in [-0.4, -0.2) is 20.9 Å². The number of carbonyl (C=O) groups is 1. The third kappa shape index (κ3) is 3.03. The number of anilines is 1. The zero-order valence-corrected chi connectivity index (χ0v) is 17.1. The van der Waals surface area contributed by atoms with E-state index in [4.69, 9.17) is 0 Å². The van der Waals surface area contributed by atoms with Crippen molar-refractivity contribution in [1.29, 1.82) is 0 Å². The fourth-order valence-electron chi connectivity index (χ4n) is 3.69. The number of amides is 1. The standard InChI is InChI=1S/C19H22N4OS2/c1-5-12-6-7-13-14(8-12)25-19(22-13)23-17(24)16-9(2)15-10(3)20-11(4)21-18(15)26-16/h12H,5-8H2,1-4H3,(H,22,23,24). The summed E-state index contributed by atoms with van der Waals surface area (Å²) in [5, 5.41) is 4.73. The molecule has 1 aliphatic carbocycles. The molecule has 0 spiro atoms. The molecular formula is C19H22N4OS2. The van der Waals surface area contributed by atoms with Crippen LogP contribution in [0.1, 0.15) is 57.1 Å². The number of thiazole rings is 1. The molecule has 3 aromatic rings. The lowest BCUT2D eigenvalue weighted by Gasteiger charge is -2.18. The average Bonchev–Trinajstić information content (AvgIpc) is 3.14. The summed E-state index contributed by atoms with van der Waals surface area (Å²) in [4.78, 5) is 29.4. The summed E-state index contributed by atoms with van der Waals surface area (Å²) in [6, 6.07) is 0. The van der Waals surface area contributed by atoms with Crippen molar-refractivity contribution in [2.24, 2.45) is 5.92 Å². The third-order valence-corrected chi connectivity index (χ3v) is 7.35. The van der Waals surface area contributed by atoms with Crippen LogP contribution in [0.5, 0.6) is 0 Å². The molecule has 1 atom stereocenters. The van der Waals surface area contributed by atoms with Crippen molar-refractivity contribution in [3.63, 3.8) is 0 Å². The Hall–Kier alpha value is -1.86. The Morgan fingerprint density at radius 2 is 2.00 bits per heavy atom. The van der Waals surface area contributed by atoms with Crippen LogP contribution in [0.4, 0.5) is 5.13 Å². The molecular weight excluding hydrogens is 364 g/mol. The summed E-state index contributed by atoms with van der Waals surface area (Å²) in [7, 11) is 0. The number of aryl methyl sites for hydroxylation is 4. The van der Waals surface area contributed by atoms with Gasteiger partial charge in [0.2, 0.25) is 0 Å². The largest absolute Gasteiger partial charge is 0.297 e. The normalized spacial score (nSPS) is 16.7. The van der Waals surface area contributed by atoms with Gasteiger partial charge in [0.25, 0.3) is 5.91 Å². The molecule has 1 unspecified atom stereocenters. The molecule has 0 saturated heterocycles. The SMILES string of the molecule is CCC1CCc2nc(NC(=O)c3sc4nc(C)nc(C)c4c3C)sc2C1. The number of aromatic nitrogens is 3. The molecule has 7 heteroatoms. The van der Waals surface area contributed by atoms with Crippen LogP contribution in [0.2, 0.25) is 0 Å². The highest BCUT2D eigenvalue weighted by Gasteiger charge is 2.24. The maximum absolute atomic E-state index is 12.9. The first-order chi connectivity index (χ1) is 12.5. The molecule has 0 aromatic carbocycles. The maximum Gasteiger partial charge on any atom is 0.267 e. The molecule has 3 aromatic heterocycles. The quantitative estimate of drug-likeness (QED) is 0.699. The van der Waals surface area contributed by atoms with Crippen molar-refractivity contribution in [3.05, 3.63) is 32.5 Å². The highest BCUT2D eigenvalue weighted by Crippen LogP contribution is 2.35. The zero-order valence-electron chi connectivity index (χ0n) is 15.5. The third-order valence-electron chi connectivity index (χ3n) is 5.13. The lowest BCUT2D eigenvalue weighted by molar-refractivity contribution is 0.103. The van der Waals surface area contributed by atoms with E-state index >= 15 is 0 Å². The van der Waals surface area contributed by atoms with E-state index in [1.54, 1.807) is 11.3 Å². The van der Waals surface area contributed by atoms with E-state index in [0.717, 1.165) is 46.1 Å². The van der Waals surface area contributed by atoms with E-state index in [-0.39, 0.29) is 5.91 Å². The van der Waals surface area contributed by atoms with Crippen LogP contribution in [0, 0.1) is 26.7 Å². The Bertz CT molecular complexity index is 1000. The molecule has 0 radical (unpaired) electrons. The van der Waals surface area contributed by atoms with Gasteiger partial charge in [-0.2, -0.15) is 0 Å². The van der Waals surface area contributed by atoms with Gasteiger partial charge in [0, 0.05) is 16.0 Å². The topological polar surface area (TPSA) is 67.8 Å². The minimum Gasteiger partial charge on any atom is -0.297 e. The van der Waals surface area contributed by atoms with E-state index in [0.29, 0.717) is 10.0 Å². The van der Waals surface area contributed by atoms with Gasteiger partial charge in [-0.1, -0.05) is 13.3 Å². The number of nitrogens with one attached hydrogen (secondary N) is 1. The van der Waals surface area contributed by atoms with Crippen molar-refractivity contribution < 1.29 is 4.79 Å². The van der Waals surface area contributed by atoms with Crippen molar-refractivity contribution in [3.8, 4) is 0 Å². The number of carbonyl (C=O) groups excluding carboxylic acids is 1. The predicted octanol–water partition coefficient (Wildman–Crippen LogP) is 4.84. The number of hydrogen-bond acceptors (Lipinski definition) is 6. The molecule has 0 saturated carbocycles. The second kappa shape index (κ2) is 6.70. The Kier molecular flexibility index (Phi) is 4.52. The van der Waals surface area contributed by atoms with Crippen molar-refractivity contribution in [2.75, 3.05) is 5.32 Å². The second-order valence-electron chi connectivity index (χ2n) is 6.95. The van der Waals surface area contributed by atoms with Crippen LogP contribution in [0.15, 0.2) is 0 Å². The van der Waals surface area contributed by atoms with Crippen LogP contribution in [0.25, 0.3) is 10.2 Å². The molecule has 0 aliphatic heterocycles. The summed E-state index contributed by atoms with van der Waals surface area (Å²) in [5.74, 6) is 1.39. The predicted molar refractivity (Wildman–Crippen MR) is 107 cm³/mol. The molecule has 136 valence electrons. The fourth-order valence-corrected chi connectivity index (χ4v) is 5.98. The van der Waals surface area contributed by atoms with Crippen molar-refractivity contribution in [1.82, 2.24) is 15.0 Å². The van der Waals surface area contributed by atoms with Crippen LogP contribution in [0.3, 0.4) is 0 Å². The number of thiophene rings is 1. The maximum atomic E-state index is 12.9. The van der Waals surface area contributed by atoms with Gasteiger partial charge in [0.05, 0.1) is 10.6 Å². The number of hydrogen-bond donors (Lipinski definition) is 1. The van der Waals surface area contributed by atoms with Gasteiger partial charge >= 0.3 is 0 Å². The van der Waals surface area contributed by atoms with E-state index in [1.807, 2.05) is 20.8 Å². The molecule has 0 fully saturated rings. The minimum absolute atomic E-state index is 0.0966.